The Balaban J connectivity index is 2.66. The van der Waals surface area contributed by atoms with Crippen molar-refractivity contribution in [3.63, 3.8) is 0 Å². The molecular weight excluding hydrogens is 164 g/mol. The molecular formula is C7H12O5. The van der Waals surface area contributed by atoms with Crippen molar-refractivity contribution in [2.45, 2.75) is 31.3 Å². The van der Waals surface area contributed by atoms with Crippen LogP contribution in [0.5, 0.6) is 0 Å². The van der Waals surface area contributed by atoms with Crippen molar-refractivity contribution >= 4 is 5.78 Å². The Morgan fingerprint density at radius 2 is 2.00 bits per heavy atom. The van der Waals surface area contributed by atoms with Gasteiger partial charge in [-0.1, -0.05) is 0 Å². The van der Waals surface area contributed by atoms with Gasteiger partial charge in [-0.05, 0) is 6.92 Å². The molecule has 1 heterocycles. The molecule has 0 spiro atoms. The second-order valence-electron chi connectivity index (χ2n) is 2.87. The number of rotatable bonds is 2. The van der Waals surface area contributed by atoms with Crippen LogP contribution in [-0.4, -0.2) is 52.1 Å². The van der Waals surface area contributed by atoms with Crippen LogP contribution in [0.2, 0.25) is 0 Å². The van der Waals surface area contributed by atoms with Gasteiger partial charge in [0.25, 0.3) is 0 Å². The van der Waals surface area contributed by atoms with Crippen LogP contribution in [0.25, 0.3) is 0 Å². The molecule has 12 heavy (non-hydrogen) atoms. The van der Waals surface area contributed by atoms with Gasteiger partial charge in [0.05, 0.1) is 6.61 Å². The summed E-state index contributed by atoms with van der Waals surface area (Å²) in [6.07, 6.45) is -4.26. The standard InChI is InChI=1S/C7H12O5/c1-3(9)7-6(11)5(10)4(2-8)12-7/h4-8,10-11H,2H2,1H3/t4-,5+,6-,7?/m1/s1. The van der Waals surface area contributed by atoms with Gasteiger partial charge in [0.15, 0.2) is 5.78 Å². The summed E-state index contributed by atoms with van der Waals surface area (Å²) in [6.45, 7) is 0.863. The van der Waals surface area contributed by atoms with Crippen molar-refractivity contribution in [3.8, 4) is 0 Å². The monoisotopic (exact) mass is 176 g/mol. The molecule has 0 aliphatic carbocycles. The molecule has 1 saturated heterocycles. The molecule has 5 nitrogen and oxygen atoms in total. The highest BCUT2D eigenvalue weighted by Gasteiger charge is 2.44. The van der Waals surface area contributed by atoms with Gasteiger partial charge in [-0.3, -0.25) is 4.79 Å². The summed E-state index contributed by atoms with van der Waals surface area (Å²) in [4.78, 5) is 10.8. The second kappa shape index (κ2) is 3.49. The zero-order chi connectivity index (χ0) is 9.30. The summed E-state index contributed by atoms with van der Waals surface area (Å²) in [5, 5.41) is 27.1. The number of hydrogen-bond donors (Lipinski definition) is 3. The molecule has 0 saturated carbocycles. The maximum absolute atomic E-state index is 10.8. The molecule has 0 bridgehead atoms. The largest absolute Gasteiger partial charge is 0.394 e. The van der Waals surface area contributed by atoms with E-state index in [-0.39, 0.29) is 5.78 Å². The van der Waals surface area contributed by atoms with E-state index in [2.05, 4.69) is 0 Å². The lowest BCUT2D eigenvalue weighted by Crippen LogP contribution is -2.35. The fourth-order valence-corrected chi connectivity index (χ4v) is 1.24. The zero-order valence-corrected chi connectivity index (χ0v) is 6.67. The van der Waals surface area contributed by atoms with Crippen LogP contribution in [0.4, 0.5) is 0 Å². The molecule has 5 heteroatoms. The minimum absolute atomic E-state index is 0.350. The molecule has 1 unspecified atom stereocenters. The molecule has 0 aromatic carbocycles. The van der Waals surface area contributed by atoms with Gasteiger partial charge in [0, 0.05) is 0 Å². The molecule has 70 valence electrons. The minimum Gasteiger partial charge on any atom is -0.394 e. The fourth-order valence-electron chi connectivity index (χ4n) is 1.24. The van der Waals surface area contributed by atoms with E-state index in [9.17, 15) is 15.0 Å². The van der Waals surface area contributed by atoms with Gasteiger partial charge in [-0.25, -0.2) is 0 Å². The number of aliphatic hydroxyl groups is 3. The Morgan fingerprint density at radius 1 is 1.42 bits per heavy atom. The minimum atomic E-state index is -1.22. The summed E-state index contributed by atoms with van der Waals surface area (Å²) in [7, 11) is 0. The predicted molar refractivity (Wildman–Crippen MR) is 38.4 cm³/mol. The molecule has 1 aliphatic heterocycles. The van der Waals surface area contributed by atoms with E-state index < -0.39 is 31.0 Å². The summed E-state index contributed by atoms with van der Waals surface area (Å²) in [6, 6.07) is 0. The lowest BCUT2D eigenvalue weighted by atomic mass is 10.1. The number of Topliss-reactive ketones (excluding diaryl/α,β-unsaturated/α-hetero) is 1. The number of ketones is 1. The molecule has 0 radical (unpaired) electrons. The first-order valence-corrected chi connectivity index (χ1v) is 3.71. The van der Waals surface area contributed by atoms with E-state index in [1.807, 2.05) is 0 Å². The quantitative estimate of drug-likeness (QED) is 0.455. The van der Waals surface area contributed by atoms with Crippen LogP contribution < -0.4 is 0 Å². The number of hydrogen-bond acceptors (Lipinski definition) is 5. The smallest absolute Gasteiger partial charge is 0.161 e. The summed E-state index contributed by atoms with van der Waals surface area (Å²) >= 11 is 0. The van der Waals surface area contributed by atoms with E-state index in [1.165, 1.54) is 6.92 Å². The van der Waals surface area contributed by atoms with E-state index in [1.54, 1.807) is 0 Å². The Kier molecular flexibility index (Phi) is 2.79. The predicted octanol–water partition coefficient (Wildman–Crippen LogP) is -1.94. The first-order chi connectivity index (χ1) is 5.57. The first kappa shape index (κ1) is 9.60. The van der Waals surface area contributed by atoms with Gasteiger partial charge in [-0.15, -0.1) is 0 Å². The SMILES string of the molecule is CC(=O)C1O[C@H](CO)[C@H](O)[C@H]1O. The van der Waals surface area contributed by atoms with Crippen molar-refractivity contribution in [2.24, 2.45) is 0 Å². The highest BCUT2D eigenvalue weighted by atomic mass is 16.6. The summed E-state index contributed by atoms with van der Waals surface area (Å²) in [5.74, 6) is -0.350. The molecule has 1 fully saturated rings. The van der Waals surface area contributed by atoms with Gasteiger partial charge >= 0.3 is 0 Å². The highest BCUT2D eigenvalue weighted by molar-refractivity contribution is 5.81. The third-order valence-corrected chi connectivity index (χ3v) is 1.94. The van der Waals surface area contributed by atoms with E-state index in [0.29, 0.717) is 0 Å². The maximum atomic E-state index is 10.8. The maximum Gasteiger partial charge on any atom is 0.161 e. The number of carbonyl (C=O) groups excluding carboxylic acids is 1. The van der Waals surface area contributed by atoms with Crippen molar-refractivity contribution in [3.05, 3.63) is 0 Å². The Bertz CT molecular complexity index is 181. The van der Waals surface area contributed by atoms with Gasteiger partial charge in [-0.2, -0.15) is 0 Å². The average molecular weight is 176 g/mol. The molecule has 0 amide bonds. The Morgan fingerprint density at radius 3 is 2.25 bits per heavy atom. The summed E-state index contributed by atoms with van der Waals surface area (Å²) in [5.41, 5.74) is 0. The van der Waals surface area contributed by atoms with Crippen molar-refractivity contribution < 1.29 is 24.9 Å². The van der Waals surface area contributed by atoms with E-state index >= 15 is 0 Å². The first-order valence-electron chi connectivity index (χ1n) is 3.71. The average Bonchev–Trinajstić information content (AvgIpc) is 2.30. The van der Waals surface area contributed by atoms with Crippen LogP contribution in [0, 0.1) is 0 Å². The normalized spacial score (nSPS) is 41.7. The van der Waals surface area contributed by atoms with Gasteiger partial charge < -0.3 is 20.1 Å². The number of ether oxygens (including phenoxy) is 1. The van der Waals surface area contributed by atoms with Crippen LogP contribution in [0.1, 0.15) is 6.92 Å². The Hall–Kier alpha value is -0.490. The Labute approximate surface area is 69.6 Å². The van der Waals surface area contributed by atoms with Crippen LogP contribution >= 0.6 is 0 Å². The molecule has 0 aromatic rings. The van der Waals surface area contributed by atoms with Gasteiger partial charge in [0.2, 0.25) is 0 Å². The fraction of sp³-hybridized carbons (Fsp3) is 0.857. The summed E-state index contributed by atoms with van der Waals surface area (Å²) < 4.78 is 4.90. The molecule has 4 atom stereocenters. The van der Waals surface area contributed by atoms with Gasteiger partial charge in [0.1, 0.15) is 24.4 Å². The van der Waals surface area contributed by atoms with Crippen molar-refractivity contribution in [1.82, 2.24) is 0 Å². The molecule has 1 rings (SSSR count). The molecule has 3 N–H and O–H groups in total. The van der Waals surface area contributed by atoms with E-state index in [0.717, 1.165) is 0 Å². The van der Waals surface area contributed by atoms with Crippen LogP contribution in [-0.2, 0) is 9.53 Å². The highest BCUT2D eigenvalue weighted by Crippen LogP contribution is 2.21. The van der Waals surface area contributed by atoms with Crippen LogP contribution in [0.3, 0.4) is 0 Å². The topological polar surface area (TPSA) is 87.0 Å². The number of carbonyl (C=O) groups is 1. The molecule has 1 aliphatic rings. The third kappa shape index (κ3) is 1.49. The van der Waals surface area contributed by atoms with E-state index in [4.69, 9.17) is 9.84 Å². The van der Waals surface area contributed by atoms with Crippen LogP contribution in [0.15, 0.2) is 0 Å². The zero-order valence-electron chi connectivity index (χ0n) is 6.67. The molecule has 0 aromatic heterocycles. The second-order valence-corrected chi connectivity index (χ2v) is 2.87. The van der Waals surface area contributed by atoms with Crippen molar-refractivity contribution in [2.75, 3.05) is 6.61 Å². The third-order valence-electron chi connectivity index (χ3n) is 1.94. The van der Waals surface area contributed by atoms with Crippen molar-refractivity contribution in [1.29, 1.82) is 0 Å². The lowest BCUT2D eigenvalue weighted by molar-refractivity contribution is -0.131. The number of aliphatic hydroxyl groups excluding tert-OH is 3. The lowest BCUT2D eigenvalue weighted by Gasteiger charge is -2.10.